The molecule has 0 saturated carbocycles. The Morgan fingerprint density at radius 3 is 2.14 bits per heavy atom. The largest absolute Gasteiger partial charge is 0.494 e. The predicted molar refractivity (Wildman–Crippen MR) is 131 cm³/mol. The van der Waals surface area contributed by atoms with Crippen molar-refractivity contribution in [3.05, 3.63) is 83.8 Å². The molecule has 1 aromatic heterocycles. The lowest BCUT2D eigenvalue weighted by molar-refractivity contribution is 0.0915. The predicted octanol–water partition coefficient (Wildman–Crippen LogP) is 5.91. The lowest BCUT2D eigenvalue weighted by Gasteiger charge is -2.12. The van der Waals surface area contributed by atoms with Gasteiger partial charge >= 0.3 is 0 Å². The number of aromatic nitrogens is 1. The first-order valence-corrected chi connectivity index (χ1v) is 11.0. The standard InChI is InChI=1S/C28H24FNO5/c1-33-25-14-10-17(16-27(25)35-3)23(31)12-13-24(32)22-11-15-26(34-2)28(30-22)20-8-4-7-19-18(20)6-5-9-21(19)29/h4-11,14-16H,12-13H2,1-3H3. The average Bonchev–Trinajstić information content (AvgIpc) is 2.90. The zero-order chi connectivity index (χ0) is 24.9. The number of pyridine rings is 1. The van der Waals surface area contributed by atoms with Gasteiger partial charge in [0.2, 0.25) is 0 Å². The summed E-state index contributed by atoms with van der Waals surface area (Å²) in [6, 6.07) is 18.2. The van der Waals surface area contributed by atoms with Crippen LogP contribution in [0.2, 0.25) is 0 Å². The molecular formula is C28H24FNO5. The summed E-state index contributed by atoms with van der Waals surface area (Å²) in [4.78, 5) is 30.2. The van der Waals surface area contributed by atoms with Crippen molar-refractivity contribution in [2.75, 3.05) is 21.3 Å². The summed E-state index contributed by atoms with van der Waals surface area (Å²) < 4.78 is 30.2. The van der Waals surface area contributed by atoms with Gasteiger partial charge in [-0.1, -0.05) is 30.3 Å². The molecule has 0 bridgehead atoms. The second-order valence-corrected chi connectivity index (χ2v) is 7.80. The molecule has 0 saturated heterocycles. The van der Waals surface area contributed by atoms with E-state index in [-0.39, 0.29) is 35.9 Å². The van der Waals surface area contributed by atoms with E-state index >= 15 is 0 Å². The Kier molecular flexibility index (Phi) is 7.06. The molecule has 0 aliphatic rings. The third-order valence-electron chi connectivity index (χ3n) is 5.77. The van der Waals surface area contributed by atoms with Gasteiger partial charge in [-0.15, -0.1) is 0 Å². The normalized spacial score (nSPS) is 10.7. The van der Waals surface area contributed by atoms with Crippen molar-refractivity contribution in [2.45, 2.75) is 12.8 Å². The first-order valence-electron chi connectivity index (χ1n) is 11.0. The van der Waals surface area contributed by atoms with Gasteiger partial charge in [0.05, 0.1) is 21.3 Å². The Bertz CT molecular complexity index is 1420. The maximum Gasteiger partial charge on any atom is 0.181 e. The molecule has 0 atom stereocenters. The molecule has 1 heterocycles. The van der Waals surface area contributed by atoms with Crippen LogP contribution < -0.4 is 14.2 Å². The van der Waals surface area contributed by atoms with Gasteiger partial charge in [-0.3, -0.25) is 9.59 Å². The van der Waals surface area contributed by atoms with Crippen LogP contribution in [0, 0.1) is 5.82 Å². The van der Waals surface area contributed by atoms with Crippen LogP contribution in [-0.2, 0) is 0 Å². The topological polar surface area (TPSA) is 74.7 Å². The number of benzene rings is 3. The molecule has 0 spiro atoms. The molecule has 7 heteroatoms. The van der Waals surface area contributed by atoms with Crippen LogP contribution in [-0.4, -0.2) is 37.9 Å². The fourth-order valence-corrected chi connectivity index (χ4v) is 3.95. The first-order chi connectivity index (χ1) is 17.0. The van der Waals surface area contributed by atoms with E-state index < -0.39 is 0 Å². The van der Waals surface area contributed by atoms with Gasteiger partial charge in [0.25, 0.3) is 0 Å². The molecule has 0 radical (unpaired) electrons. The molecule has 6 nitrogen and oxygen atoms in total. The number of hydrogen-bond acceptors (Lipinski definition) is 6. The van der Waals surface area contributed by atoms with Gasteiger partial charge in [-0.25, -0.2) is 9.37 Å². The van der Waals surface area contributed by atoms with Crippen molar-refractivity contribution in [3.8, 4) is 28.5 Å². The highest BCUT2D eigenvalue weighted by atomic mass is 19.1. The van der Waals surface area contributed by atoms with E-state index in [1.165, 1.54) is 27.4 Å². The summed E-state index contributed by atoms with van der Waals surface area (Å²) in [5.41, 5.74) is 1.71. The van der Waals surface area contributed by atoms with Crippen LogP contribution in [0.5, 0.6) is 17.2 Å². The summed E-state index contributed by atoms with van der Waals surface area (Å²) in [5.74, 6) is 0.594. The van der Waals surface area contributed by atoms with Crippen molar-refractivity contribution in [1.82, 2.24) is 4.98 Å². The van der Waals surface area contributed by atoms with Crippen molar-refractivity contribution >= 4 is 22.3 Å². The van der Waals surface area contributed by atoms with Crippen LogP contribution in [0.15, 0.2) is 66.7 Å². The van der Waals surface area contributed by atoms with Crippen LogP contribution >= 0.6 is 0 Å². The lowest BCUT2D eigenvalue weighted by Crippen LogP contribution is -2.08. The monoisotopic (exact) mass is 473 g/mol. The second-order valence-electron chi connectivity index (χ2n) is 7.80. The third kappa shape index (κ3) is 4.84. The molecule has 178 valence electrons. The lowest BCUT2D eigenvalue weighted by atomic mass is 9.99. The van der Waals surface area contributed by atoms with E-state index in [2.05, 4.69) is 4.98 Å². The fraction of sp³-hybridized carbons (Fsp3) is 0.179. The summed E-state index contributed by atoms with van der Waals surface area (Å²) in [6.45, 7) is 0. The number of rotatable bonds is 9. The Hall–Kier alpha value is -4.26. The Morgan fingerprint density at radius 1 is 0.743 bits per heavy atom. The number of fused-ring (bicyclic) bond motifs is 1. The maximum atomic E-state index is 14.3. The molecule has 35 heavy (non-hydrogen) atoms. The number of nitrogens with zero attached hydrogens (tertiary/aromatic N) is 1. The first kappa shape index (κ1) is 23.9. The molecule has 0 fully saturated rings. The van der Waals surface area contributed by atoms with Crippen molar-refractivity contribution in [2.24, 2.45) is 0 Å². The van der Waals surface area contributed by atoms with Gasteiger partial charge in [0.15, 0.2) is 23.1 Å². The van der Waals surface area contributed by atoms with Gasteiger partial charge in [-0.05, 0) is 41.8 Å². The highest BCUT2D eigenvalue weighted by molar-refractivity contribution is 6.03. The SMILES string of the molecule is COc1ccc(C(=O)CCC(=O)c2ccc(OC)c(-c3cccc4c(F)cccc34)n2)cc1OC. The van der Waals surface area contributed by atoms with Crippen LogP contribution in [0.4, 0.5) is 4.39 Å². The summed E-state index contributed by atoms with van der Waals surface area (Å²) >= 11 is 0. The van der Waals surface area contributed by atoms with Crippen molar-refractivity contribution in [3.63, 3.8) is 0 Å². The summed E-state index contributed by atoms with van der Waals surface area (Å²) in [7, 11) is 4.52. The minimum absolute atomic E-state index is 0.0108. The van der Waals surface area contributed by atoms with Crippen LogP contribution in [0.1, 0.15) is 33.7 Å². The zero-order valence-electron chi connectivity index (χ0n) is 19.6. The van der Waals surface area contributed by atoms with Gasteiger partial charge in [0.1, 0.15) is 23.0 Å². The molecule has 4 aromatic rings. The molecular weight excluding hydrogens is 449 g/mol. The van der Waals surface area contributed by atoms with Gasteiger partial charge < -0.3 is 14.2 Å². The van der Waals surface area contributed by atoms with Gasteiger partial charge in [-0.2, -0.15) is 0 Å². The van der Waals surface area contributed by atoms with Gasteiger partial charge in [0, 0.05) is 29.4 Å². The van der Waals surface area contributed by atoms with E-state index in [9.17, 15) is 14.0 Å². The molecule has 0 aliphatic carbocycles. The molecule has 3 aromatic carbocycles. The molecule has 4 rings (SSSR count). The smallest absolute Gasteiger partial charge is 0.181 e. The quantitative estimate of drug-likeness (QED) is 0.281. The number of halogens is 1. The maximum absolute atomic E-state index is 14.3. The minimum atomic E-state index is -0.343. The van der Waals surface area contributed by atoms with E-state index in [0.717, 1.165) is 0 Å². The Labute approximate surface area is 202 Å². The average molecular weight is 474 g/mol. The number of methoxy groups -OCH3 is 3. The van der Waals surface area contributed by atoms with Crippen molar-refractivity contribution < 1.29 is 28.2 Å². The van der Waals surface area contributed by atoms with E-state index in [1.54, 1.807) is 54.6 Å². The molecule has 0 N–H and O–H groups in total. The molecule has 0 unspecified atom stereocenters. The third-order valence-corrected chi connectivity index (χ3v) is 5.77. The number of carbonyl (C=O) groups is 2. The van der Waals surface area contributed by atoms with E-state index in [4.69, 9.17) is 14.2 Å². The minimum Gasteiger partial charge on any atom is -0.494 e. The Balaban J connectivity index is 1.59. The molecule has 0 amide bonds. The summed E-state index contributed by atoms with van der Waals surface area (Å²) in [6.07, 6.45) is -0.00699. The highest BCUT2D eigenvalue weighted by Crippen LogP contribution is 2.35. The van der Waals surface area contributed by atoms with E-state index in [1.807, 2.05) is 6.07 Å². The number of hydrogen-bond donors (Lipinski definition) is 0. The van der Waals surface area contributed by atoms with Crippen LogP contribution in [0.25, 0.3) is 22.0 Å². The number of ether oxygens (including phenoxy) is 3. The number of carbonyl (C=O) groups excluding carboxylic acids is 2. The fourth-order valence-electron chi connectivity index (χ4n) is 3.95. The van der Waals surface area contributed by atoms with Crippen LogP contribution in [0.3, 0.4) is 0 Å². The van der Waals surface area contributed by atoms with E-state index in [0.29, 0.717) is 44.8 Å². The Morgan fingerprint density at radius 2 is 1.40 bits per heavy atom. The second kappa shape index (κ2) is 10.3. The summed E-state index contributed by atoms with van der Waals surface area (Å²) in [5, 5.41) is 1.11. The highest BCUT2D eigenvalue weighted by Gasteiger charge is 2.18. The number of ketones is 2. The zero-order valence-corrected chi connectivity index (χ0v) is 19.6. The van der Waals surface area contributed by atoms with Crippen molar-refractivity contribution in [1.29, 1.82) is 0 Å². The number of Topliss-reactive ketones (excluding diaryl/α,β-unsaturated/α-hetero) is 2. The molecule has 0 aliphatic heterocycles.